The summed E-state index contributed by atoms with van der Waals surface area (Å²) in [7, 11) is 0. The Morgan fingerprint density at radius 3 is 2.69 bits per heavy atom. The van der Waals surface area contributed by atoms with E-state index in [4.69, 9.17) is 19.1 Å². The average molecular weight is 444 g/mol. The molecule has 1 aromatic heterocycles. The summed E-state index contributed by atoms with van der Waals surface area (Å²) < 4.78 is 16.5. The zero-order chi connectivity index (χ0) is 22.9. The van der Waals surface area contributed by atoms with E-state index < -0.39 is 23.7 Å². The lowest BCUT2D eigenvalue weighted by molar-refractivity contribution is -0.150. The van der Waals surface area contributed by atoms with Gasteiger partial charge in [-0.3, -0.25) is 4.90 Å². The Hall–Kier alpha value is -2.94. The van der Waals surface area contributed by atoms with Crippen LogP contribution in [-0.2, 0) is 33.7 Å². The molecule has 172 valence electrons. The van der Waals surface area contributed by atoms with Crippen molar-refractivity contribution in [1.29, 1.82) is 0 Å². The van der Waals surface area contributed by atoms with Crippen molar-refractivity contribution in [3.8, 4) is 0 Å². The molecule has 9 nitrogen and oxygen atoms in total. The zero-order valence-corrected chi connectivity index (χ0v) is 18.6. The number of benzene rings is 1. The van der Waals surface area contributed by atoms with Crippen molar-refractivity contribution >= 4 is 12.1 Å². The quantitative estimate of drug-likeness (QED) is 0.650. The summed E-state index contributed by atoms with van der Waals surface area (Å²) >= 11 is 0. The molecular weight excluding hydrogens is 414 g/mol. The second-order valence-corrected chi connectivity index (χ2v) is 9.54. The molecule has 1 saturated heterocycles. The highest BCUT2D eigenvalue weighted by atomic mass is 16.6. The van der Waals surface area contributed by atoms with Crippen molar-refractivity contribution in [3.05, 3.63) is 47.6 Å². The van der Waals surface area contributed by atoms with Crippen LogP contribution in [0.2, 0.25) is 0 Å². The van der Waals surface area contributed by atoms with Crippen LogP contribution < -0.4 is 0 Å². The Kier molecular flexibility index (Phi) is 5.94. The Morgan fingerprint density at radius 2 is 2.00 bits per heavy atom. The van der Waals surface area contributed by atoms with Crippen molar-refractivity contribution < 1.29 is 28.7 Å². The maximum absolute atomic E-state index is 13.0. The van der Waals surface area contributed by atoms with Crippen LogP contribution >= 0.6 is 0 Å². The van der Waals surface area contributed by atoms with Gasteiger partial charge in [0.05, 0.1) is 6.61 Å². The first-order valence-electron chi connectivity index (χ1n) is 10.8. The summed E-state index contributed by atoms with van der Waals surface area (Å²) in [4.78, 5) is 31.8. The molecule has 0 spiro atoms. The highest BCUT2D eigenvalue weighted by Crippen LogP contribution is 2.61. The number of nitrogens with zero attached hydrogens (tertiary/aromatic N) is 3. The second-order valence-electron chi connectivity index (χ2n) is 9.54. The van der Waals surface area contributed by atoms with Gasteiger partial charge in [0.25, 0.3) is 0 Å². The number of hydrogen-bond acceptors (Lipinski definition) is 8. The summed E-state index contributed by atoms with van der Waals surface area (Å²) in [6, 6.07) is 8.54. The molecule has 2 fully saturated rings. The number of rotatable bonds is 7. The molecular formula is C23H29N3O6. The molecule has 1 amide bonds. The fraction of sp³-hybridized carbons (Fsp3) is 0.565. The van der Waals surface area contributed by atoms with Crippen LogP contribution in [0.3, 0.4) is 0 Å². The predicted octanol–water partition coefficient (Wildman–Crippen LogP) is 2.66. The van der Waals surface area contributed by atoms with Gasteiger partial charge in [-0.15, -0.1) is 0 Å². The lowest BCUT2D eigenvalue weighted by Gasteiger charge is -2.29. The molecule has 9 heteroatoms. The zero-order valence-electron chi connectivity index (χ0n) is 18.6. The third-order valence-electron chi connectivity index (χ3n) is 5.87. The number of carbonyl (C=O) groups excluding carboxylic acids is 2. The molecule has 1 saturated carbocycles. The van der Waals surface area contributed by atoms with Crippen molar-refractivity contribution in [3.63, 3.8) is 0 Å². The molecule has 0 bridgehead atoms. The topological polar surface area (TPSA) is 115 Å². The summed E-state index contributed by atoms with van der Waals surface area (Å²) in [6.45, 7) is 5.47. The standard InChI is InChI=1S/C23H29N3O6/c1-22(2,3)31-21(29)26-16(20(28)30-14-15-7-5-4-6-8-15)11-23(12-17(23)26)13-19-24-18(9-10-27)25-32-19/h4-8,16-17,27H,9-14H2,1-3H3/t16-,17?,23-/m0/s1. The lowest BCUT2D eigenvalue weighted by atomic mass is 9.95. The van der Waals surface area contributed by atoms with E-state index in [1.165, 1.54) is 4.90 Å². The number of fused-ring (bicyclic) bond motifs is 1. The molecule has 3 atom stereocenters. The van der Waals surface area contributed by atoms with Crippen LogP contribution in [0.1, 0.15) is 50.9 Å². The first-order valence-corrected chi connectivity index (χ1v) is 10.8. The van der Waals surface area contributed by atoms with Gasteiger partial charge in [0.15, 0.2) is 5.82 Å². The Labute approximate surface area is 186 Å². The van der Waals surface area contributed by atoms with Crippen molar-refractivity contribution in [2.75, 3.05) is 6.61 Å². The number of aliphatic hydroxyl groups is 1. The molecule has 4 rings (SSSR count). The number of hydrogen-bond donors (Lipinski definition) is 1. The first-order chi connectivity index (χ1) is 15.2. The minimum absolute atomic E-state index is 0.0610. The monoisotopic (exact) mass is 443 g/mol. The van der Waals surface area contributed by atoms with Crippen molar-refractivity contribution in [2.24, 2.45) is 5.41 Å². The molecule has 1 aliphatic carbocycles. The predicted molar refractivity (Wildman–Crippen MR) is 112 cm³/mol. The molecule has 32 heavy (non-hydrogen) atoms. The number of likely N-dealkylation sites (tertiary alicyclic amines) is 1. The van der Waals surface area contributed by atoms with E-state index in [2.05, 4.69) is 10.1 Å². The number of piperidine rings is 1. The van der Waals surface area contributed by atoms with Gasteiger partial charge in [-0.05, 0) is 39.2 Å². The number of amides is 1. The summed E-state index contributed by atoms with van der Waals surface area (Å²) in [5.74, 6) is 0.438. The van der Waals surface area contributed by atoms with E-state index in [9.17, 15) is 9.59 Å². The van der Waals surface area contributed by atoms with Gasteiger partial charge in [-0.25, -0.2) is 9.59 Å². The van der Waals surface area contributed by atoms with Crippen LogP contribution in [0, 0.1) is 5.41 Å². The summed E-state index contributed by atoms with van der Waals surface area (Å²) in [6.07, 6.45) is 1.43. The van der Waals surface area contributed by atoms with E-state index >= 15 is 0 Å². The number of aromatic nitrogens is 2. The van der Waals surface area contributed by atoms with Crippen LogP contribution in [0.25, 0.3) is 0 Å². The average Bonchev–Trinajstić information content (AvgIpc) is 3.07. The lowest BCUT2D eigenvalue weighted by Crippen LogP contribution is -2.46. The highest BCUT2D eigenvalue weighted by molar-refractivity contribution is 5.83. The SMILES string of the molecule is CC(C)(C)OC(=O)N1C2C[C@]2(Cc2nc(CCO)no2)C[C@H]1C(=O)OCc1ccccc1. The number of carbonyl (C=O) groups is 2. The smallest absolute Gasteiger partial charge is 0.411 e. The van der Waals surface area contributed by atoms with Gasteiger partial charge in [-0.1, -0.05) is 35.5 Å². The third-order valence-corrected chi connectivity index (χ3v) is 5.87. The van der Waals surface area contributed by atoms with Gasteiger partial charge < -0.3 is 19.1 Å². The fourth-order valence-electron chi connectivity index (χ4n) is 4.36. The van der Waals surface area contributed by atoms with Crippen LogP contribution in [0.4, 0.5) is 4.79 Å². The summed E-state index contributed by atoms with van der Waals surface area (Å²) in [5.41, 5.74) is -0.123. The maximum Gasteiger partial charge on any atom is 0.411 e. The minimum Gasteiger partial charge on any atom is -0.459 e. The minimum atomic E-state index is -0.729. The molecule has 2 aliphatic rings. The highest BCUT2D eigenvalue weighted by Gasteiger charge is 2.68. The maximum atomic E-state index is 13.0. The van der Waals surface area contributed by atoms with Crippen molar-refractivity contribution in [1.82, 2.24) is 15.0 Å². The van der Waals surface area contributed by atoms with Gasteiger partial charge in [0, 0.05) is 24.3 Å². The molecule has 1 N–H and O–H groups in total. The van der Waals surface area contributed by atoms with E-state index in [0.717, 1.165) is 12.0 Å². The molecule has 1 aliphatic heterocycles. The first kappa shape index (κ1) is 22.3. The van der Waals surface area contributed by atoms with Crippen LogP contribution in [0.15, 0.2) is 34.9 Å². The number of aliphatic hydroxyl groups excluding tert-OH is 1. The van der Waals surface area contributed by atoms with Gasteiger partial charge >= 0.3 is 12.1 Å². The van der Waals surface area contributed by atoms with E-state index in [0.29, 0.717) is 31.0 Å². The molecule has 1 aromatic carbocycles. The van der Waals surface area contributed by atoms with E-state index in [-0.39, 0.29) is 24.7 Å². The summed E-state index contributed by atoms with van der Waals surface area (Å²) in [5, 5.41) is 12.9. The Balaban J connectivity index is 1.49. The molecule has 0 radical (unpaired) electrons. The number of esters is 1. The molecule has 2 aromatic rings. The molecule has 1 unspecified atom stereocenters. The van der Waals surface area contributed by atoms with Crippen molar-refractivity contribution in [2.45, 2.75) is 70.7 Å². The van der Waals surface area contributed by atoms with E-state index in [1.54, 1.807) is 20.8 Å². The normalized spacial score (nSPS) is 24.2. The van der Waals surface area contributed by atoms with E-state index in [1.807, 2.05) is 30.3 Å². The molecule has 2 heterocycles. The Bertz CT molecular complexity index is 970. The largest absolute Gasteiger partial charge is 0.459 e. The fourth-order valence-corrected chi connectivity index (χ4v) is 4.36. The third kappa shape index (κ3) is 4.77. The number of ether oxygens (including phenoxy) is 2. The van der Waals surface area contributed by atoms with Gasteiger partial charge in [0.2, 0.25) is 5.89 Å². The van der Waals surface area contributed by atoms with Crippen LogP contribution in [0.5, 0.6) is 0 Å². The second kappa shape index (κ2) is 8.54. The van der Waals surface area contributed by atoms with Gasteiger partial charge in [-0.2, -0.15) is 4.98 Å². The van der Waals surface area contributed by atoms with Crippen LogP contribution in [-0.4, -0.2) is 56.5 Å². The van der Waals surface area contributed by atoms with Gasteiger partial charge in [0.1, 0.15) is 18.2 Å². The Morgan fingerprint density at radius 1 is 1.25 bits per heavy atom.